The normalized spacial score (nSPS) is 24.1. The zero-order valence-corrected chi connectivity index (χ0v) is 9.53. The second-order valence-corrected chi connectivity index (χ2v) is 4.85. The number of rotatable bonds is 2. The third-order valence-electron chi connectivity index (χ3n) is 3.61. The molecule has 1 spiro atoms. The number of carbonyl (C=O) groups excluding carboxylic acids is 3. The number of carboxylic acid groups (broad SMARTS) is 1. The van der Waals surface area contributed by atoms with Gasteiger partial charge in [-0.25, -0.2) is 0 Å². The Hall–Kier alpha value is -1.43. The van der Waals surface area contributed by atoms with Gasteiger partial charge in [-0.05, 0) is 31.3 Å². The highest BCUT2D eigenvalue weighted by molar-refractivity contribution is 6.00. The topological polar surface area (TPSA) is 89.5 Å². The molecular weight excluding hydrogens is 224 g/mol. The summed E-state index contributed by atoms with van der Waals surface area (Å²) in [7, 11) is 0. The maximum Gasteiger partial charge on any atom is 0.230 e. The second-order valence-electron chi connectivity index (χ2n) is 4.85. The standard InChI is InChI=1S/C11H16N2O4/c14-8-5-11(1-3-12-4-2-11)6-9(15)13(8)7-10(16)17/h12H,1-7H2,(H,16,17)/p-1. The van der Waals surface area contributed by atoms with Crippen molar-refractivity contribution in [1.82, 2.24) is 10.2 Å². The minimum Gasteiger partial charge on any atom is -0.548 e. The summed E-state index contributed by atoms with van der Waals surface area (Å²) in [6.07, 6.45) is 2.13. The molecule has 6 nitrogen and oxygen atoms in total. The number of carboxylic acids is 1. The number of imide groups is 1. The fourth-order valence-corrected chi connectivity index (χ4v) is 2.65. The number of nitrogens with one attached hydrogen (secondary N) is 1. The minimum atomic E-state index is -1.40. The molecule has 0 unspecified atom stereocenters. The highest BCUT2D eigenvalue weighted by Crippen LogP contribution is 2.40. The van der Waals surface area contributed by atoms with Gasteiger partial charge in [0.1, 0.15) is 0 Å². The van der Waals surface area contributed by atoms with E-state index in [1.54, 1.807) is 0 Å². The van der Waals surface area contributed by atoms with Gasteiger partial charge in [0.2, 0.25) is 11.8 Å². The zero-order valence-electron chi connectivity index (χ0n) is 9.53. The summed E-state index contributed by atoms with van der Waals surface area (Å²) >= 11 is 0. The Morgan fingerprint density at radius 1 is 1.24 bits per heavy atom. The van der Waals surface area contributed by atoms with Crippen molar-refractivity contribution < 1.29 is 19.5 Å². The van der Waals surface area contributed by atoms with E-state index in [2.05, 4.69) is 5.32 Å². The van der Waals surface area contributed by atoms with Crippen LogP contribution in [0.3, 0.4) is 0 Å². The molecule has 2 rings (SSSR count). The quantitative estimate of drug-likeness (QED) is 0.577. The molecule has 0 saturated carbocycles. The van der Waals surface area contributed by atoms with Crippen molar-refractivity contribution in [3.63, 3.8) is 0 Å². The third-order valence-corrected chi connectivity index (χ3v) is 3.61. The molecule has 6 heteroatoms. The smallest absolute Gasteiger partial charge is 0.230 e. The summed E-state index contributed by atoms with van der Waals surface area (Å²) < 4.78 is 0. The van der Waals surface area contributed by atoms with E-state index in [4.69, 9.17) is 0 Å². The number of amides is 2. The van der Waals surface area contributed by atoms with E-state index in [1.807, 2.05) is 0 Å². The molecule has 0 aromatic carbocycles. The van der Waals surface area contributed by atoms with Crippen LogP contribution in [0.1, 0.15) is 25.7 Å². The number of hydrogen-bond donors (Lipinski definition) is 1. The van der Waals surface area contributed by atoms with Crippen molar-refractivity contribution in [3.8, 4) is 0 Å². The molecule has 2 aliphatic heterocycles. The molecule has 0 atom stereocenters. The monoisotopic (exact) mass is 239 g/mol. The summed E-state index contributed by atoms with van der Waals surface area (Å²) in [6.45, 7) is 0.994. The van der Waals surface area contributed by atoms with Gasteiger partial charge in [0, 0.05) is 12.8 Å². The molecule has 2 saturated heterocycles. The van der Waals surface area contributed by atoms with Crippen LogP contribution in [0.4, 0.5) is 0 Å². The zero-order chi connectivity index (χ0) is 12.5. The SMILES string of the molecule is O=C([O-])CN1C(=O)CC2(CCNCC2)CC1=O. The van der Waals surface area contributed by atoms with Crippen LogP contribution in [-0.2, 0) is 14.4 Å². The summed E-state index contributed by atoms with van der Waals surface area (Å²) in [5.74, 6) is -2.16. The van der Waals surface area contributed by atoms with Crippen molar-refractivity contribution in [1.29, 1.82) is 0 Å². The van der Waals surface area contributed by atoms with Crippen LogP contribution >= 0.6 is 0 Å². The first kappa shape index (κ1) is 12.0. The number of nitrogens with zero attached hydrogens (tertiary/aromatic N) is 1. The van der Waals surface area contributed by atoms with E-state index in [-0.39, 0.29) is 30.1 Å². The summed E-state index contributed by atoms with van der Waals surface area (Å²) in [5.41, 5.74) is -0.248. The predicted molar refractivity (Wildman–Crippen MR) is 55.5 cm³/mol. The highest BCUT2D eigenvalue weighted by atomic mass is 16.4. The molecule has 2 aliphatic rings. The Morgan fingerprint density at radius 2 is 1.76 bits per heavy atom. The molecule has 2 heterocycles. The van der Waals surface area contributed by atoms with E-state index in [9.17, 15) is 19.5 Å². The number of carbonyl (C=O) groups is 3. The third kappa shape index (κ3) is 2.46. The number of hydrogen-bond acceptors (Lipinski definition) is 5. The van der Waals surface area contributed by atoms with Crippen LogP contribution < -0.4 is 10.4 Å². The maximum atomic E-state index is 11.8. The Kier molecular flexibility index (Phi) is 3.15. The lowest BCUT2D eigenvalue weighted by Crippen LogP contribution is -2.53. The highest BCUT2D eigenvalue weighted by Gasteiger charge is 2.43. The van der Waals surface area contributed by atoms with Crippen molar-refractivity contribution in [3.05, 3.63) is 0 Å². The maximum absolute atomic E-state index is 11.8. The number of aliphatic carboxylic acids is 1. The number of likely N-dealkylation sites (tertiary alicyclic amines) is 1. The first-order valence-electron chi connectivity index (χ1n) is 5.76. The van der Waals surface area contributed by atoms with Crippen LogP contribution in [0.25, 0.3) is 0 Å². The molecule has 0 aliphatic carbocycles. The molecule has 0 radical (unpaired) electrons. The van der Waals surface area contributed by atoms with Crippen LogP contribution in [0, 0.1) is 5.41 Å². The molecular formula is C11H15N2O4-. The van der Waals surface area contributed by atoms with Gasteiger partial charge in [-0.2, -0.15) is 0 Å². The van der Waals surface area contributed by atoms with E-state index in [0.29, 0.717) is 0 Å². The molecule has 0 aromatic heterocycles. The molecule has 94 valence electrons. The second kappa shape index (κ2) is 4.44. The Labute approximate surface area is 99.0 Å². The van der Waals surface area contributed by atoms with Crippen molar-refractivity contribution in [2.75, 3.05) is 19.6 Å². The Bertz CT molecular complexity index is 340. The minimum absolute atomic E-state index is 0.248. The van der Waals surface area contributed by atoms with Gasteiger partial charge in [0.25, 0.3) is 0 Å². The van der Waals surface area contributed by atoms with Gasteiger partial charge in [0.05, 0.1) is 12.5 Å². The number of piperidine rings is 2. The average Bonchev–Trinajstić information content (AvgIpc) is 2.24. The lowest BCUT2D eigenvalue weighted by molar-refractivity contribution is -0.306. The van der Waals surface area contributed by atoms with E-state index in [1.165, 1.54) is 0 Å². The van der Waals surface area contributed by atoms with Gasteiger partial charge < -0.3 is 15.2 Å². The van der Waals surface area contributed by atoms with E-state index >= 15 is 0 Å². The van der Waals surface area contributed by atoms with E-state index in [0.717, 1.165) is 30.8 Å². The summed E-state index contributed by atoms with van der Waals surface area (Å²) in [6, 6.07) is 0. The van der Waals surface area contributed by atoms with E-state index < -0.39 is 12.5 Å². The van der Waals surface area contributed by atoms with Crippen molar-refractivity contribution in [2.24, 2.45) is 5.41 Å². The fourth-order valence-electron chi connectivity index (χ4n) is 2.65. The summed E-state index contributed by atoms with van der Waals surface area (Å²) in [4.78, 5) is 34.9. The van der Waals surface area contributed by atoms with Crippen molar-refractivity contribution >= 4 is 17.8 Å². The Balaban J connectivity index is 2.09. The average molecular weight is 239 g/mol. The van der Waals surface area contributed by atoms with Gasteiger partial charge in [0.15, 0.2) is 0 Å². The van der Waals surface area contributed by atoms with Gasteiger partial charge >= 0.3 is 0 Å². The molecule has 0 aromatic rings. The van der Waals surface area contributed by atoms with Crippen LogP contribution in [-0.4, -0.2) is 42.3 Å². The predicted octanol–water partition coefficient (Wildman–Crippen LogP) is -1.74. The first-order valence-corrected chi connectivity index (χ1v) is 5.76. The first-order chi connectivity index (χ1) is 8.02. The largest absolute Gasteiger partial charge is 0.548 e. The summed E-state index contributed by atoms with van der Waals surface area (Å²) in [5, 5.41) is 13.6. The lowest BCUT2D eigenvalue weighted by atomic mass is 9.71. The van der Waals surface area contributed by atoms with Gasteiger partial charge in [-0.15, -0.1) is 0 Å². The van der Waals surface area contributed by atoms with Crippen LogP contribution in [0.15, 0.2) is 0 Å². The van der Waals surface area contributed by atoms with Crippen LogP contribution in [0.5, 0.6) is 0 Å². The van der Waals surface area contributed by atoms with Gasteiger partial charge in [-0.3, -0.25) is 14.5 Å². The van der Waals surface area contributed by atoms with Crippen molar-refractivity contribution in [2.45, 2.75) is 25.7 Å². The van der Waals surface area contributed by atoms with Crippen LogP contribution in [0.2, 0.25) is 0 Å². The van der Waals surface area contributed by atoms with Gasteiger partial charge in [-0.1, -0.05) is 0 Å². The molecule has 2 amide bonds. The molecule has 0 bridgehead atoms. The fraction of sp³-hybridized carbons (Fsp3) is 0.727. The Morgan fingerprint density at radius 3 is 2.24 bits per heavy atom. The molecule has 1 N–H and O–H groups in total. The lowest BCUT2D eigenvalue weighted by Gasteiger charge is -2.42. The molecule has 2 fully saturated rings. The molecule has 17 heavy (non-hydrogen) atoms.